The van der Waals surface area contributed by atoms with Crippen molar-refractivity contribution in [1.82, 2.24) is 9.88 Å². The van der Waals surface area contributed by atoms with Gasteiger partial charge in [-0.25, -0.2) is 14.2 Å². The summed E-state index contributed by atoms with van der Waals surface area (Å²) in [5.74, 6) is -1.79. The van der Waals surface area contributed by atoms with Gasteiger partial charge in [-0.05, 0) is 45.7 Å². The molecule has 10 heteroatoms. The summed E-state index contributed by atoms with van der Waals surface area (Å²) < 4.78 is 25.0. The van der Waals surface area contributed by atoms with Gasteiger partial charge < -0.3 is 14.4 Å². The number of carbonyl (C=O) groups is 3. The molecule has 0 saturated carbocycles. The summed E-state index contributed by atoms with van der Waals surface area (Å²) in [5.41, 5.74) is -0.0541. The highest BCUT2D eigenvalue weighted by Gasteiger charge is 2.32. The van der Waals surface area contributed by atoms with Crippen molar-refractivity contribution < 1.29 is 28.2 Å². The third-order valence-corrected chi connectivity index (χ3v) is 5.78. The molecule has 1 fully saturated rings. The Morgan fingerprint density at radius 3 is 2.67 bits per heavy atom. The fourth-order valence-corrected chi connectivity index (χ4v) is 4.29. The molecule has 2 amide bonds. The molecule has 0 radical (unpaired) electrons. The van der Waals surface area contributed by atoms with Crippen molar-refractivity contribution in [2.45, 2.75) is 52.7 Å². The summed E-state index contributed by atoms with van der Waals surface area (Å²) in [6.07, 6.45) is 0.851. The average molecular weight is 478 g/mol. The first-order valence-electron chi connectivity index (χ1n) is 10.7. The van der Waals surface area contributed by atoms with Crippen molar-refractivity contribution in [3.63, 3.8) is 0 Å². The fraction of sp³-hybridized carbons (Fsp3) is 0.478. The van der Waals surface area contributed by atoms with Crippen LogP contribution in [0, 0.1) is 11.7 Å². The Morgan fingerprint density at radius 1 is 1.27 bits per heavy atom. The van der Waals surface area contributed by atoms with Crippen LogP contribution in [0.1, 0.15) is 46.2 Å². The predicted molar refractivity (Wildman–Crippen MR) is 122 cm³/mol. The lowest BCUT2D eigenvalue weighted by molar-refractivity contribution is -0.151. The Balaban J connectivity index is 1.60. The minimum atomic E-state index is -0.608. The lowest BCUT2D eigenvalue weighted by Gasteiger charge is -2.33. The second kappa shape index (κ2) is 10.3. The normalized spacial score (nSPS) is 16.3. The molecule has 1 atom stereocenters. The highest BCUT2D eigenvalue weighted by atomic mass is 32.1. The predicted octanol–water partition coefficient (Wildman–Crippen LogP) is 4.66. The molecule has 1 aromatic carbocycles. The second-order valence-electron chi connectivity index (χ2n) is 8.80. The van der Waals surface area contributed by atoms with Crippen molar-refractivity contribution in [2.24, 2.45) is 5.92 Å². The molecule has 1 aliphatic rings. The molecule has 33 heavy (non-hydrogen) atoms. The minimum absolute atomic E-state index is 0.0821. The Kier molecular flexibility index (Phi) is 7.68. The maximum Gasteiger partial charge on any atom is 0.410 e. The molecule has 0 aliphatic carbocycles. The first-order valence-corrected chi connectivity index (χ1v) is 11.6. The number of hydrogen-bond acceptors (Lipinski definition) is 7. The van der Waals surface area contributed by atoms with Gasteiger partial charge in [0.25, 0.3) is 0 Å². The summed E-state index contributed by atoms with van der Waals surface area (Å²) in [6, 6.07) is 5.94. The van der Waals surface area contributed by atoms with E-state index in [0.717, 1.165) is 11.3 Å². The fourth-order valence-electron chi connectivity index (χ4n) is 3.43. The lowest BCUT2D eigenvalue weighted by Crippen LogP contribution is -2.45. The number of thiazole rings is 1. The van der Waals surface area contributed by atoms with Crippen LogP contribution in [0.15, 0.2) is 29.6 Å². The molecule has 2 aromatic rings. The zero-order chi connectivity index (χ0) is 24.2. The Morgan fingerprint density at radius 2 is 2.00 bits per heavy atom. The van der Waals surface area contributed by atoms with Gasteiger partial charge in [0.2, 0.25) is 5.91 Å². The van der Waals surface area contributed by atoms with Crippen LogP contribution in [-0.2, 0) is 25.7 Å². The van der Waals surface area contributed by atoms with Crippen LogP contribution in [0.5, 0.6) is 0 Å². The number of esters is 1. The van der Waals surface area contributed by atoms with Crippen LogP contribution in [0.3, 0.4) is 0 Å². The Hall–Kier alpha value is -3.01. The Bertz CT molecular complexity index is 1020. The molecule has 1 aliphatic heterocycles. The van der Waals surface area contributed by atoms with E-state index >= 15 is 0 Å². The molecule has 178 valence electrons. The maximum atomic E-state index is 14.2. The topological polar surface area (TPSA) is 89.0 Å². The molecule has 8 nitrogen and oxygen atoms in total. The van der Waals surface area contributed by atoms with Gasteiger partial charge in [0.1, 0.15) is 18.0 Å². The van der Waals surface area contributed by atoms with Crippen molar-refractivity contribution in [3.05, 3.63) is 41.2 Å². The smallest absolute Gasteiger partial charge is 0.410 e. The number of halogens is 1. The summed E-state index contributed by atoms with van der Waals surface area (Å²) >= 11 is 1.15. The molecule has 1 unspecified atom stereocenters. The van der Waals surface area contributed by atoms with Crippen molar-refractivity contribution in [1.29, 1.82) is 0 Å². The number of para-hydroxylation sites is 1. The lowest BCUT2D eigenvalue weighted by atomic mass is 9.98. The third-order valence-electron chi connectivity index (χ3n) is 4.91. The van der Waals surface area contributed by atoms with Gasteiger partial charge in [0, 0.05) is 25.4 Å². The van der Waals surface area contributed by atoms with Gasteiger partial charge in [-0.3, -0.25) is 14.5 Å². The van der Waals surface area contributed by atoms with Gasteiger partial charge in [-0.1, -0.05) is 12.1 Å². The first kappa shape index (κ1) is 24.6. The zero-order valence-electron chi connectivity index (χ0n) is 19.2. The van der Waals surface area contributed by atoms with Gasteiger partial charge in [-0.2, -0.15) is 0 Å². The number of ether oxygens (including phenoxy) is 2. The first-order chi connectivity index (χ1) is 15.5. The SMILES string of the molecule is CC(=O)N(c1nc(COC(=O)C2CCCN(C(=O)OC(C)(C)C)C2)cs1)c1ccccc1F. The molecule has 0 N–H and O–H groups in total. The number of amides is 2. The van der Waals surface area contributed by atoms with Crippen LogP contribution in [0.4, 0.5) is 20.0 Å². The van der Waals surface area contributed by atoms with Crippen LogP contribution in [0.2, 0.25) is 0 Å². The van der Waals surface area contributed by atoms with Crippen LogP contribution in [-0.4, -0.2) is 46.5 Å². The highest BCUT2D eigenvalue weighted by molar-refractivity contribution is 7.14. The Labute approximate surface area is 196 Å². The average Bonchev–Trinajstić information content (AvgIpc) is 3.20. The van der Waals surface area contributed by atoms with E-state index in [1.807, 2.05) is 0 Å². The summed E-state index contributed by atoms with van der Waals surface area (Å²) in [4.78, 5) is 44.1. The van der Waals surface area contributed by atoms with Crippen molar-refractivity contribution in [3.8, 4) is 0 Å². The molecular formula is C23H28FN3O5S. The van der Waals surface area contributed by atoms with Crippen LogP contribution in [0.25, 0.3) is 0 Å². The van der Waals surface area contributed by atoms with E-state index in [9.17, 15) is 18.8 Å². The van der Waals surface area contributed by atoms with E-state index in [1.54, 1.807) is 38.3 Å². The molecule has 3 rings (SSSR count). The van der Waals surface area contributed by atoms with E-state index < -0.39 is 29.4 Å². The standard InChI is InChI=1S/C23H28FN3O5S/c1-15(28)27(19-10-6-5-9-18(19)24)21-25-17(14-33-21)13-31-20(29)16-8-7-11-26(12-16)22(30)32-23(2,3)4/h5-6,9-10,14,16H,7-8,11-13H2,1-4H3. The zero-order valence-corrected chi connectivity index (χ0v) is 20.0. The summed E-state index contributed by atoms with van der Waals surface area (Å²) in [7, 11) is 0. The molecule has 1 saturated heterocycles. The number of aromatic nitrogens is 1. The van der Waals surface area contributed by atoms with Crippen molar-refractivity contribution >= 4 is 40.1 Å². The van der Waals surface area contributed by atoms with Crippen molar-refractivity contribution in [2.75, 3.05) is 18.0 Å². The van der Waals surface area contributed by atoms with Crippen LogP contribution < -0.4 is 4.90 Å². The minimum Gasteiger partial charge on any atom is -0.459 e. The van der Waals surface area contributed by atoms with E-state index in [4.69, 9.17) is 9.47 Å². The summed E-state index contributed by atoms with van der Waals surface area (Å²) in [5, 5.41) is 1.94. The number of rotatable bonds is 5. The number of anilines is 2. The van der Waals surface area contributed by atoms with E-state index in [0.29, 0.717) is 25.1 Å². The van der Waals surface area contributed by atoms with Gasteiger partial charge in [-0.15, -0.1) is 11.3 Å². The van der Waals surface area contributed by atoms with E-state index in [-0.39, 0.29) is 29.9 Å². The second-order valence-corrected chi connectivity index (χ2v) is 9.64. The van der Waals surface area contributed by atoms with Crippen LogP contribution >= 0.6 is 11.3 Å². The number of hydrogen-bond donors (Lipinski definition) is 0. The monoisotopic (exact) mass is 477 g/mol. The summed E-state index contributed by atoms with van der Waals surface area (Å²) in [6.45, 7) is 7.40. The number of piperidine rings is 1. The largest absolute Gasteiger partial charge is 0.459 e. The maximum absolute atomic E-state index is 14.2. The van der Waals surface area contributed by atoms with Gasteiger partial charge in [0.15, 0.2) is 5.13 Å². The highest BCUT2D eigenvalue weighted by Crippen LogP contribution is 2.31. The van der Waals surface area contributed by atoms with Gasteiger partial charge >= 0.3 is 12.1 Å². The number of likely N-dealkylation sites (tertiary alicyclic amines) is 1. The molecular weight excluding hydrogens is 449 g/mol. The molecule has 2 heterocycles. The molecule has 0 spiro atoms. The van der Waals surface area contributed by atoms with E-state index in [2.05, 4.69) is 4.98 Å². The number of carbonyl (C=O) groups excluding carboxylic acids is 3. The third kappa shape index (κ3) is 6.50. The van der Waals surface area contributed by atoms with E-state index in [1.165, 1.54) is 28.9 Å². The molecule has 1 aromatic heterocycles. The number of nitrogens with zero attached hydrogens (tertiary/aromatic N) is 3. The quantitative estimate of drug-likeness (QED) is 0.582. The van der Waals surface area contributed by atoms with Gasteiger partial charge in [0.05, 0.1) is 17.3 Å². The number of benzene rings is 1. The molecule has 0 bridgehead atoms.